The number of carbonyl (C=O) groups is 1. The van der Waals surface area contributed by atoms with E-state index in [4.69, 9.17) is 9.84 Å². The smallest absolute Gasteiger partial charge is 0.277 e. The number of nitrogens with one attached hydrogen (secondary N) is 2. The van der Waals surface area contributed by atoms with E-state index in [0.717, 1.165) is 11.3 Å². The summed E-state index contributed by atoms with van der Waals surface area (Å²) in [6.07, 6.45) is 2.10. The zero-order valence-electron chi connectivity index (χ0n) is 17.3. The molecular weight excluding hydrogens is 412 g/mol. The molecular formula is C22H22N6O4. The van der Waals surface area contributed by atoms with E-state index in [1.807, 2.05) is 6.07 Å². The number of rotatable bonds is 8. The monoisotopic (exact) mass is 434 g/mol. The van der Waals surface area contributed by atoms with E-state index in [0.29, 0.717) is 22.9 Å². The lowest BCUT2D eigenvalue weighted by molar-refractivity contribution is 0.0536. The number of carbonyl (C=O) groups excluding carboxylic acids is 1. The highest BCUT2D eigenvalue weighted by molar-refractivity contribution is 6.03. The second-order valence-corrected chi connectivity index (χ2v) is 6.94. The molecule has 0 aliphatic heterocycles. The van der Waals surface area contributed by atoms with Gasteiger partial charge in [0.1, 0.15) is 24.3 Å². The first-order chi connectivity index (χ1) is 15.6. The number of aliphatic hydroxyl groups is 2. The molecule has 0 fully saturated rings. The Morgan fingerprint density at radius 2 is 2.06 bits per heavy atom. The first-order valence-electron chi connectivity index (χ1n) is 9.89. The van der Waals surface area contributed by atoms with Crippen molar-refractivity contribution in [3.63, 3.8) is 0 Å². The van der Waals surface area contributed by atoms with Crippen LogP contribution in [0.1, 0.15) is 10.5 Å². The number of anilines is 2. The van der Waals surface area contributed by atoms with Crippen molar-refractivity contribution < 1.29 is 19.7 Å². The lowest BCUT2D eigenvalue weighted by Gasteiger charge is -2.11. The number of pyridine rings is 1. The maximum Gasteiger partial charge on any atom is 0.277 e. The van der Waals surface area contributed by atoms with E-state index in [1.54, 1.807) is 55.7 Å². The number of hydrogen-bond acceptors (Lipinski definition) is 8. The van der Waals surface area contributed by atoms with Crippen LogP contribution in [-0.2, 0) is 0 Å². The minimum absolute atomic E-state index is 0.0267. The highest BCUT2D eigenvalue weighted by Crippen LogP contribution is 2.23. The largest absolute Gasteiger partial charge is 0.491 e. The molecule has 1 unspecified atom stereocenters. The zero-order valence-corrected chi connectivity index (χ0v) is 17.3. The Bertz CT molecular complexity index is 1240. The molecule has 0 radical (unpaired) electrons. The van der Waals surface area contributed by atoms with Crippen molar-refractivity contribution in [2.45, 2.75) is 6.10 Å². The highest BCUT2D eigenvalue weighted by atomic mass is 16.5. The summed E-state index contributed by atoms with van der Waals surface area (Å²) in [5.41, 5.74) is 2.97. The third-order valence-corrected chi connectivity index (χ3v) is 4.67. The molecule has 0 bridgehead atoms. The number of fused-ring (bicyclic) bond motifs is 1. The number of aliphatic hydroxyl groups excluding tert-OH is 2. The molecule has 1 amide bonds. The summed E-state index contributed by atoms with van der Waals surface area (Å²) in [5.74, 6) is 0.539. The Morgan fingerprint density at radius 3 is 2.88 bits per heavy atom. The normalized spacial score (nSPS) is 11.8. The van der Waals surface area contributed by atoms with Crippen LogP contribution in [0.2, 0.25) is 0 Å². The lowest BCUT2D eigenvalue weighted by atomic mass is 10.1. The summed E-state index contributed by atoms with van der Waals surface area (Å²) < 4.78 is 6.98. The molecule has 10 heteroatoms. The Balaban J connectivity index is 1.59. The fourth-order valence-electron chi connectivity index (χ4n) is 3.01. The molecule has 4 N–H and O–H groups in total. The Hall–Kier alpha value is -4.02. The minimum atomic E-state index is -0.955. The minimum Gasteiger partial charge on any atom is -0.491 e. The quantitative estimate of drug-likeness (QED) is 0.330. The first-order valence-corrected chi connectivity index (χ1v) is 9.89. The SMILES string of the molecule is CNc1ccnc(NC(=O)c2cnc3ccc(-c4cccc(OCC(O)CO)c4)nn23)c1. The van der Waals surface area contributed by atoms with Crippen LogP contribution in [0.3, 0.4) is 0 Å². The van der Waals surface area contributed by atoms with Crippen LogP contribution in [0, 0.1) is 0 Å². The number of benzene rings is 1. The molecule has 1 atom stereocenters. The Labute approximate surface area is 183 Å². The van der Waals surface area contributed by atoms with Gasteiger partial charge in [0.2, 0.25) is 0 Å². The Morgan fingerprint density at radius 1 is 1.19 bits per heavy atom. The van der Waals surface area contributed by atoms with Gasteiger partial charge in [-0.25, -0.2) is 14.5 Å². The molecule has 0 spiro atoms. The number of nitrogens with zero attached hydrogens (tertiary/aromatic N) is 4. The van der Waals surface area contributed by atoms with Gasteiger partial charge in [-0.05, 0) is 30.3 Å². The molecule has 4 rings (SSSR count). The van der Waals surface area contributed by atoms with Crippen molar-refractivity contribution in [2.24, 2.45) is 0 Å². The predicted molar refractivity (Wildman–Crippen MR) is 119 cm³/mol. The lowest BCUT2D eigenvalue weighted by Crippen LogP contribution is -2.21. The summed E-state index contributed by atoms with van der Waals surface area (Å²) >= 11 is 0. The number of ether oxygens (including phenoxy) is 1. The van der Waals surface area contributed by atoms with Gasteiger partial charge >= 0.3 is 0 Å². The molecule has 1 aromatic carbocycles. The van der Waals surface area contributed by atoms with Gasteiger partial charge in [0.25, 0.3) is 5.91 Å². The van der Waals surface area contributed by atoms with Crippen LogP contribution >= 0.6 is 0 Å². The number of aromatic nitrogens is 4. The molecule has 164 valence electrons. The van der Waals surface area contributed by atoms with E-state index in [1.165, 1.54) is 10.7 Å². The third-order valence-electron chi connectivity index (χ3n) is 4.67. The number of amides is 1. The van der Waals surface area contributed by atoms with Crippen molar-refractivity contribution >= 4 is 23.1 Å². The molecule has 0 saturated carbocycles. The maximum absolute atomic E-state index is 12.8. The average Bonchev–Trinajstić information content (AvgIpc) is 3.26. The van der Waals surface area contributed by atoms with Gasteiger partial charge in [-0.15, -0.1) is 0 Å². The van der Waals surface area contributed by atoms with Gasteiger partial charge in [-0.1, -0.05) is 12.1 Å². The Kier molecular flexibility index (Phi) is 6.24. The van der Waals surface area contributed by atoms with E-state index in [2.05, 4.69) is 25.7 Å². The first kappa shape index (κ1) is 21.2. The topological polar surface area (TPSA) is 134 Å². The molecule has 3 aromatic heterocycles. The molecule has 0 aliphatic rings. The zero-order chi connectivity index (χ0) is 22.5. The van der Waals surface area contributed by atoms with Crippen molar-refractivity contribution in [1.82, 2.24) is 19.6 Å². The van der Waals surface area contributed by atoms with Crippen LogP contribution in [0.5, 0.6) is 5.75 Å². The van der Waals surface area contributed by atoms with Crippen LogP contribution in [-0.4, -0.2) is 62.1 Å². The van der Waals surface area contributed by atoms with Crippen molar-refractivity contribution in [1.29, 1.82) is 0 Å². The van der Waals surface area contributed by atoms with Gasteiger partial charge in [0, 0.05) is 30.6 Å². The van der Waals surface area contributed by atoms with Crippen LogP contribution in [0.25, 0.3) is 16.9 Å². The summed E-state index contributed by atoms with van der Waals surface area (Å²) in [6.45, 7) is -0.404. The second kappa shape index (κ2) is 9.41. The van der Waals surface area contributed by atoms with E-state index >= 15 is 0 Å². The number of hydrogen-bond donors (Lipinski definition) is 4. The van der Waals surface area contributed by atoms with Gasteiger partial charge in [0.05, 0.1) is 18.5 Å². The molecule has 0 aliphatic carbocycles. The standard InChI is InChI=1S/C22H22N6O4/c1-23-15-7-8-24-20(10-15)26-22(31)19-11-25-21-6-5-18(27-28(19)21)14-3-2-4-17(9-14)32-13-16(30)12-29/h2-11,16,29-30H,12-13H2,1H3,(H2,23,24,26,31). The fourth-order valence-corrected chi connectivity index (χ4v) is 3.01. The van der Waals surface area contributed by atoms with Gasteiger partial charge in [-0.3, -0.25) is 4.79 Å². The predicted octanol–water partition coefficient (Wildman–Crippen LogP) is 1.82. The second-order valence-electron chi connectivity index (χ2n) is 6.94. The number of imidazole rings is 1. The average molecular weight is 434 g/mol. The third kappa shape index (κ3) is 4.66. The van der Waals surface area contributed by atoms with E-state index < -0.39 is 12.0 Å². The summed E-state index contributed by atoms with van der Waals surface area (Å²) in [5, 5.41) is 28.7. The van der Waals surface area contributed by atoms with Crippen molar-refractivity contribution in [2.75, 3.05) is 30.9 Å². The molecule has 3 heterocycles. The summed E-state index contributed by atoms with van der Waals surface area (Å²) in [6, 6.07) is 14.2. The molecule has 0 saturated heterocycles. The molecule has 32 heavy (non-hydrogen) atoms. The summed E-state index contributed by atoms with van der Waals surface area (Å²) in [4.78, 5) is 21.2. The van der Waals surface area contributed by atoms with E-state index in [9.17, 15) is 9.90 Å². The van der Waals surface area contributed by atoms with Crippen LogP contribution < -0.4 is 15.4 Å². The van der Waals surface area contributed by atoms with Crippen molar-refractivity contribution in [3.8, 4) is 17.0 Å². The maximum atomic E-state index is 12.8. The van der Waals surface area contributed by atoms with Crippen LogP contribution in [0.4, 0.5) is 11.5 Å². The molecule has 10 nitrogen and oxygen atoms in total. The van der Waals surface area contributed by atoms with E-state index in [-0.39, 0.29) is 18.9 Å². The highest BCUT2D eigenvalue weighted by Gasteiger charge is 2.15. The van der Waals surface area contributed by atoms with Crippen LogP contribution in [0.15, 0.2) is 60.9 Å². The van der Waals surface area contributed by atoms with Gasteiger partial charge in [-0.2, -0.15) is 5.10 Å². The van der Waals surface area contributed by atoms with Gasteiger partial charge in [0.15, 0.2) is 11.3 Å². The van der Waals surface area contributed by atoms with Crippen molar-refractivity contribution in [3.05, 3.63) is 66.6 Å². The summed E-state index contributed by atoms with van der Waals surface area (Å²) in [7, 11) is 1.78. The molecule has 4 aromatic rings. The van der Waals surface area contributed by atoms with Gasteiger partial charge < -0.3 is 25.6 Å². The fraction of sp³-hybridized carbons (Fsp3) is 0.182.